The molecule has 1 aromatic carbocycles. The highest BCUT2D eigenvalue weighted by Gasteiger charge is 2.41. The van der Waals surface area contributed by atoms with Gasteiger partial charge in [-0.2, -0.15) is 27.1 Å². The predicted molar refractivity (Wildman–Crippen MR) is 96.0 cm³/mol. The maximum Gasteiger partial charge on any atom is 0.435 e. The lowest BCUT2D eigenvalue weighted by Gasteiger charge is -2.15. The third-order valence-corrected chi connectivity index (χ3v) is 4.18. The van der Waals surface area contributed by atoms with E-state index in [9.17, 15) is 35.5 Å². The van der Waals surface area contributed by atoms with E-state index < -0.39 is 36.7 Å². The Balaban J connectivity index is 1.81. The Morgan fingerprint density at radius 3 is 2.52 bits per heavy atom. The minimum absolute atomic E-state index is 0.154. The molecule has 1 amide bonds. The van der Waals surface area contributed by atoms with Crippen LogP contribution in [0.15, 0.2) is 30.3 Å². The molecule has 0 aliphatic carbocycles. The number of nitrogens with one attached hydrogen (secondary N) is 1. The molecule has 0 radical (unpaired) electrons. The van der Waals surface area contributed by atoms with Crippen LogP contribution >= 0.6 is 0 Å². The fourth-order valence-corrected chi connectivity index (χ4v) is 2.58. The summed E-state index contributed by atoms with van der Waals surface area (Å²) in [6.45, 7) is -0.0334. The molecule has 0 aliphatic heterocycles. The third-order valence-electron chi connectivity index (χ3n) is 4.18. The van der Waals surface area contributed by atoms with Gasteiger partial charge in [-0.3, -0.25) is 9.48 Å². The Morgan fingerprint density at radius 2 is 1.90 bits per heavy atom. The van der Waals surface area contributed by atoms with Gasteiger partial charge in [0.25, 0.3) is 5.91 Å². The van der Waals surface area contributed by atoms with Crippen molar-refractivity contribution in [3.63, 3.8) is 0 Å². The average molecular weight is 455 g/mol. The summed E-state index contributed by atoms with van der Waals surface area (Å²) in [5.74, 6) is -4.75. The predicted octanol–water partition coefficient (Wildman–Crippen LogP) is 4.45. The van der Waals surface area contributed by atoms with Crippen LogP contribution < -0.4 is 5.32 Å². The molecule has 0 spiro atoms. The molecule has 0 saturated carbocycles. The molecule has 0 fully saturated rings. The maximum absolute atomic E-state index is 12.8. The minimum Gasteiger partial charge on any atom is -0.370 e. The number of benzene rings is 1. The van der Waals surface area contributed by atoms with Crippen LogP contribution in [0.2, 0.25) is 0 Å². The van der Waals surface area contributed by atoms with Crippen molar-refractivity contribution in [2.45, 2.75) is 45.0 Å². The number of hydrogen-bond donors (Lipinski definition) is 1. The van der Waals surface area contributed by atoms with Crippen LogP contribution in [0.5, 0.6) is 0 Å². The number of alkyl halides is 7. The van der Waals surface area contributed by atoms with Crippen molar-refractivity contribution in [3.8, 4) is 0 Å². The first kappa shape index (κ1) is 24.6. The van der Waals surface area contributed by atoms with E-state index in [1.54, 1.807) is 0 Å². The van der Waals surface area contributed by atoms with Gasteiger partial charge in [-0.05, 0) is 37.1 Å². The summed E-state index contributed by atoms with van der Waals surface area (Å²) in [5, 5.41) is 6.07. The molecule has 5 nitrogen and oxygen atoms in total. The highest BCUT2D eigenvalue weighted by atomic mass is 19.4. The van der Waals surface area contributed by atoms with Crippen LogP contribution in [-0.2, 0) is 24.1 Å². The maximum atomic E-state index is 12.8. The molecule has 0 aliphatic rings. The highest BCUT2D eigenvalue weighted by molar-refractivity contribution is 5.94. The normalized spacial score (nSPS) is 12.4. The monoisotopic (exact) mass is 455 g/mol. The third kappa shape index (κ3) is 7.23. The first-order chi connectivity index (χ1) is 14.4. The smallest absolute Gasteiger partial charge is 0.370 e. The fourth-order valence-electron chi connectivity index (χ4n) is 2.58. The molecule has 1 N–H and O–H groups in total. The fraction of sp³-hybridized carbons (Fsp3) is 0.474. The summed E-state index contributed by atoms with van der Waals surface area (Å²) < 4.78 is 93.6. The zero-order chi connectivity index (χ0) is 23.2. The van der Waals surface area contributed by atoms with Gasteiger partial charge in [0.15, 0.2) is 5.69 Å². The molecule has 0 atom stereocenters. The Morgan fingerprint density at radius 1 is 1.19 bits per heavy atom. The number of ether oxygens (including phenoxy) is 1. The van der Waals surface area contributed by atoms with Gasteiger partial charge in [0.1, 0.15) is 6.61 Å². The lowest BCUT2D eigenvalue weighted by Crippen LogP contribution is -2.32. The molecule has 2 aromatic rings. The lowest BCUT2D eigenvalue weighted by molar-refractivity contribution is -0.168. The zero-order valence-corrected chi connectivity index (χ0v) is 16.4. The van der Waals surface area contributed by atoms with Crippen LogP contribution in [0.1, 0.15) is 33.7 Å². The molecule has 0 saturated heterocycles. The summed E-state index contributed by atoms with van der Waals surface area (Å²) in [7, 11) is 0. The van der Waals surface area contributed by atoms with Gasteiger partial charge in [-0.1, -0.05) is 12.1 Å². The second kappa shape index (κ2) is 10.1. The standard InChI is InChI=1S/C19H20F7N3O2/c1-12-8-15(19(24,25)26)28-29(12)7-3-6-27-16(30)14-5-2-4-13(9-14)10-31-11-18(22,23)17(20)21/h2,4-5,8-9,17H,3,6-7,10-11H2,1H3,(H,27,30). The zero-order valence-electron chi connectivity index (χ0n) is 16.4. The van der Waals surface area contributed by atoms with Gasteiger partial charge in [-0.25, -0.2) is 8.78 Å². The van der Waals surface area contributed by atoms with E-state index >= 15 is 0 Å². The van der Waals surface area contributed by atoms with Crippen molar-refractivity contribution in [1.29, 1.82) is 0 Å². The van der Waals surface area contributed by atoms with Crippen molar-refractivity contribution in [2.24, 2.45) is 0 Å². The van der Waals surface area contributed by atoms with Crippen LogP contribution in [0.3, 0.4) is 0 Å². The van der Waals surface area contributed by atoms with Crippen molar-refractivity contribution >= 4 is 5.91 Å². The largest absolute Gasteiger partial charge is 0.435 e. The second-order valence-corrected chi connectivity index (χ2v) is 6.76. The first-order valence-electron chi connectivity index (χ1n) is 9.12. The van der Waals surface area contributed by atoms with E-state index in [1.807, 2.05) is 0 Å². The number of rotatable bonds is 10. The summed E-state index contributed by atoms with van der Waals surface area (Å²) in [4.78, 5) is 12.2. The molecule has 12 heteroatoms. The Bertz CT molecular complexity index is 882. The van der Waals surface area contributed by atoms with E-state index in [1.165, 1.54) is 35.9 Å². The van der Waals surface area contributed by atoms with Crippen molar-refractivity contribution < 1.29 is 40.3 Å². The number of aryl methyl sites for hydroxylation is 2. The molecule has 0 unspecified atom stereocenters. The van der Waals surface area contributed by atoms with Crippen LogP contribution in [0.25, 0.3) is 0 Å². The summed E-state index contributed by atoms with van der Waals surface area (Å²) in [5.41, 5.74) is -0.121. The molecular formula is C19H20F7N3O2. The number of aromatic nitrogens is 2. The van der Waals surface area contributed by atoms with Gasteiger partial charge >= 0.3 is 18.5 Å². The number of amides is 1. The van der Waals surface area contributed by atoms with Crippen molar-refractivity contribution in [3.05, 3.63) is 52.8 Å². The summed E-state index contributed by atoms with van der Waals surface area (Å²) >= 11 is 0. The first-order valence-corrected chi connectivity index (χ1v) is 9.12. The van der Waals surface area contributed by atoms with Gasteiger partial charge in [-0.15, -0.1) is 0 Å². The quantitative estimate of drug-likeness (QED) is 0.426. The van der Waals surface area contributed by atoms with E-state index in [2.05, 4.69) is 15.2 Å². The van der Waals surface area contributed by atoms with E-state index in [0.717, 1.165) is 6.07 Å². The van der Waals surface area contributed by atoms with Crippen molar-refractivity contribution in [2.75, 3.05) is 13.2 Å². The van der Waals surface area contributed by atoms with Gasteiger partial charge in [0, 0.05) is 24.3 Å². The molecule has 1 aromatic heterocycles. The molecule has 2 rings (SSSR count). The summed E-state index contributed by atoms with van der Waals surface area (Å²) in [6, 6.07) is 6.72. The second-order valence-electron chi connectivity index (χ2n) is 6.76. The average Bonchev–Trinajstić information content (AvgIpc) is 3.06. The van der Waals surface area contributed by atoms with Crippen LogP contribution in [-0.4, -0.2) is 41.2 Å². The van der Waals surface area contributed by atoms with Crippen LogP contribution in [0, 0.1) is 6.92 Å². The van der Waals surface area contributed by atoms with Gasteiger partial charge in [0.05, 0.1) is 6.61 Å². The van der Waals surface area contributed by atoms with Crippen LogP contribution in [0.4, 0.5) is 30.7 Å². The summed E-state index contributed by atoms with van der Waals surface area (Å²) in [6.07, 6.45) is -8.05. The molecule has 0 bridgehead atoms. The highest BCUT2D eigenvalue weighted by Crippen LogP contribution is 2.28. The van der Waals surface area contributed by atoms with Gasteiger partial charge < -0.3 is 10.1 Å². The number of halogens is 7. The van der Waals surface area contributed by atoms with E-state index in [-0.39, 0.29) is 25.3 Å². The SMILES string of the molecule is Cc1cc(C(F)(F)F)nn1CCCNC(=O)c1cccc(COCC(F)(F)C(F)F)c1. The van der Waals surface area contributed by atoms with E-state index in [4.69, 9.17) is 0 Å². The number of carbonyl (C=O) groups excluding carboxylic acids is 1. The Hall–Kier alpha value is -2.63. The van der Waals surface area contributed by atoms with E-state index in [0.29, 0.717) is 17.7 Å². The Labute approximate surface area is 173 Å². The van der Waals surface area contributed by atoms with Gasteiger partial charge in [0.2, 0.25) is 0 Å². The Kier molecular flexibility index (Phi) is 8.04. The topological polar surface area (TPSA) is 56.2 Å². The number of hydrogen-bond acceptors (Lipinski definition) is 3. The van der Waals surface area contributed by atoms with Crippen molar-refractivity contribution in [1.82, 2.24) is 15.1 Å². The number of carbonyl (C=O) groups is 1. The molecule has 31 heavy (non-hydrogen) atoms. The molecular weight excluding hydrogens is 435 g/mol. The molecule has 172 valence electrons. The number of nitrogens with zero attached hydrogens (tertiary/aromatic N) is 2. The molecule has 1 heterocycles. The minimum atomic E-state index is -4.53. The lowest BCUT2D eigenvalue weighted by atomic mass is 10.1.